The van der Waals surface area contributed by atoms with E-state index in [0.29, 0.717) is 13.2 Å². The van der Waals surface area contributed by atoms with E-state index in [0.717, 1.165) is 8.80 Å². The zero-order valence-corrected chi connectivity index (χ0v) is 13.5. The van der Waals surface area contributed by atoms with Crippen LogP contribution in [0.3, 0.4) is 0 Å². The molecule has 2 atom stereocenters. The molecule has 2 rings (SSSR count). The van der Waals surface area contributed by atoms with Crippen molar-refractivity contribution in [2.75, 3.05) is 13.2 Å². The number of hydrogen-bond donors (Lipinski definition) is 1. The topological polar surface area (TPSA) is 50.7 Å². The molecule has 1 aliphatic heterocycles. The molecular weight excluding hydrogens is 375 g/mol. The molecule has 1 amide bonds. The molecule has 6 heteroatoms. The van der Waals surface area contributed by atoms with Crippen LogP contribution in [0.25, 0.3) is 0 Å². The quantitative estimate of drug-likeness (QED) is 0.621. The van der Waals surface area contributed by atoms with Crippen LogP contribution in [0.15, 0.2) is 35.3 Å². The van der Waals surface area contributed by atoms with E-state index in [1.807, 2.05) is 37.3 Å². The summed E-state index contributed by atoms with van der Waals surface area (Å²) in [6.07, 6.45) is 0. The maximum absolute atomic E-state index is 11.9. The molecule has 0 spiro atoms. The molecule has 0 bridgehead atoms. The van der Waals surface area contributed by atoms with Gasteiger partial charge in [-0.25, -0.2) is 0 Å². The van der Waals surface area contributed by atoms with Crippen molar-refractivity contribution in [2.45, 2.75) is 18.2 Å². The van der Waals surface area contributed by atoms with Crippen molar-refractivity contribution in [1.29, 1.82) is 0 Å². The van der Waals surface area contributed by atoms with Crippen molar-refractivity contribution in [3.8, 4) is 5.75 Å². The van der Waals surface area contributed by atoms with Gasteiger partial charge in [-0.05, 0) is 41.6 Å². The van der Waals surface area contributed by atoms with E-state index >= 15 is 0 Å². The number of rotatable bonds is 5. The van der Waals surface area contributed by atoms with Crippen LogP contribution in [0.2, 0.25) is 0 Å². The molecule has 1 N–H and O–H groups in total. The van der Waals surface area contributed by atoms with Crippen LogP contribution in [0.5, 0.6) is 5.75 Å². The second kappa shape index (κ2) is 7.14. The van der Waals surface area contributed by atoms with Crippen molar-refractivity contribution in [1.82, 2.24) is 5.32 Å². The Labute approximate surface area is 130 Å². The Bertz CT molecular complexity index is 467. The molecule has 0 radical (unpaired) electrons. The van der Waals surface area contributed by atoms with Crippen LogP contribution in [-0.2, 0) is 4.79 Å². The number of thioether (sulfide) groups is 1. The highest BCUT2D eigenvalue weighted by atomic mass is 127. The SMILES string of the molecule is CC1N=C(I)SC1C(=O)NCCOc1ccccc1. The first-order valence-electron chi connectivity index (χ1n) is 6.02. The predicted octanol–water partition coefficient (Wildman–Crippen LogP) is 2.48. The van der Waals surface area contributed by atoms with E-state index in [9.17, 15) is 4.79 Å². The van der Waals surface area contributed by atoms with Crippen LogP contribution < -0.4 is 10.1 Å². The normalized spacial score (nSPS) is 21.9. The molecule has 0 aliphatic carbocycles. The minimum absolute atomic E-state index is 0.0320. The predicted molar refractivity (Wildman–Crippen MR) is 87.2 cm³/mol. The molecule has 1 aromatic carbocycles. The molecule has 0 saturated carbocycles. The van der Waals surface area contributed by atoms with Gasteiger partial charge < -0.3 is 10.1 Å². The number of carbonyl (C=O) groups excluding carboxylic acids is 1. The number of aliphatic imine (C=N–C) groups is 1. The maximum Gasteiger partial charge on any atom is 0.235 e. The van der Waals surface area contributed by atoms with E-state index in [-0.39, 0.29) is 17.2 Å². The molecule has 4 nitrogen and oxygen atoms in total. The number of hydrogen-bond acceptors (Lipinski definition) is 4. The van der Waals surface area contributed by atoms with E-state index in [4.69, 9.17) is 4.74 Å². The van der Waals surface area contributed by atoms with Crippen LogP contribution in [0.4, 0.5) is 0 Å². The molecule has 1 heterocycles. The number of carbonyl (C=O) groups is 1. The summed E-state index contributed by atoms with van der Waals surface area (Å²) in [5.41, 5.74) is 0. The standard InChI is InChI=1S/C13H15IN2O2S/c1-9-11(19-13(14)16-9)12(17)15-7-8-18-10-5-3-2-4-6-10/h2-6,9,11H,7-8H2,1H3,(H,15,17). The third-order valence-corrected chi connectivity index (χ3v) is 4.84. The third kappa shape index (κ3) is 4.38. The highest BCUT2D eigenvalue weighted by Crippen LogP contribution is 2.29. The van der Waals surface area contributed by atoms with Crippen molar-refractivity contribution in [2.24, 2.45) is 4.99 Å². The lowest BCUT2D eigenvalue weighted by Crippen LogP contribution is -2.38. The van der Waals surface area contributed by atoms with Gasteiger partial charge in [0.15, 0.2) is 0 Å². The number of halogens is 1. The van der Waals surface area contributed by atoms with Gasteiger partial charge in [-0.15, -0.1) is 0 Å². The van der Waals surface area contributed by atoms with Gasteiger partial charge in [-0.2, -0.15) is 0 Å². The second-order valence-corrected chi connectivity index (χ2v) is 7.00. The Morgan fingerprint density at radius 3 is 2.84 bits per heavy atom. The Morgan fingerprint density at radius 2 is 2.21 bits per heavy atom. The number of amides is 1. The summed E-state index contributed by atoms with van der Waals surface area (Å²) in [6.45, 7) is 2.94. The van der Waals surface area contributed by atoms with Crippen LogP contribution in [0, 0.1) is 0 Å². The van der Waals surface area contributed by atoms with Crippen molar-refractivity contribution in [3.05, 3.63) is 30.3 Å². The highest BCUT2D eigenvalue weighted by molar-refractivity contribution is 14.1. The fourth-order valence-corrected chi connectivity index (χ4v) is 3.84. The van der Waals surface area contributed by atoms with E-state index in [2.05, 4.69) is 32.9 Å². The van der Waals surface area contributed by atoms with Gasteiger partial charge in [0.25, 0.3) is 0 Å². The lowest BCUT2D eigenvalue weighted by Gasteiger charge is -2.13. The average Bonchev–Trinajstić information content (AvgIpc) is 2.75. The summed E-state index contributed by atoms with van der Waals surface area (Å²) in [5, 5.41) is 2.78. The molecule has 0 aromatic heterocycles. The average molecular weight is 390 g/mol. The third-order valence-electron chi connectivity index (χ3n) is 2.64. The Kier molecular flexibility index (Phi) is 5.50. The van der Waals surface area contributed by atoms with Crippen molar-refractivity contribution in [3.63, 3.8) is 0 Å². The first kappa shape index (κ1) is 14.6. The number of para-hydroxylation sites is 1. The first-order valence-corrected chi connectivity index (χ1v) is 7.98. The summed E-state index contributed by atoms with van der Waals surface area (Å²) < 4.78 is 6.47. The number of nitrogens with zero attached hydrogens (tertiary/aromatic N) is 1. The lowest BCUT2D eigenvalue weighted by atomic mass is 10.2. The fraction of sp³-hybridized carbons (Fsp3) is 0.385. The molecule has 102 valence electrons. The summed E-state index contributed by atoms with van der Waals surface area (Å²) >= 11 is 3.68. The largest absolute Gasteiger partial charge is 0.492 e. The molecule has 0 saturated heterocycles. The number of nitrogens with one attached hydrogen (secondary N) is 1. The van der Waals surface area contributed by atoms with Crippen LogP contribution in [-0.4, -0.2) is 33.4 Å². The van der Waals surface area contributed by atoms with E-state index in [1.165, 1.54) is 11.8 Å². The molecule has 2 unspecified atom stereocenters. The minimum atomic E-state index is -0.108. The maximum atomic E-state index is 11.9. The molecular formula is C13H15IN2O2S. The van der Waals surface area contributed by atoms with Crippen molar-refractivity contribution >= 4 is 43.3 Å². The Hall–Kier alpha value is -0.760. The van der Waals surface area contributed by atoms with Gasteiger partial charge in [-0.1, -0.05) is 30.0 Å². The van der Waals surface area contributed by atoms with E-state index < -0.39 is 0 Å². The molecule has 1 aliphatic rings. The monoisotopic (exact) mass is 390 g/mol. The van der Waals surface area contributed by atoms with Gasteiger partial charge in [0.1, 0.15) is 20.7 Å². The summed E-state index contributed by atoms with van der Waals surface area (Å²) in [7, 11) is 0. The smallest absolute Gasteiger partial charge is 0.235 e. The lowest BCUT2D eigenvalue weighted by molar-refractivity contribution is -0.120. The first-order chi connectivity index (χ1) is 9.16. The Morgan fingerprint density at radius 1 is 1.47 bits per heavy atom. The zero-order valence-electron chi connectivity index (χ0n) is 10.5. The summed E-state index contributed by atoms with van der Waals surface area (Å²) in [4.78, 5) is 16.3. The van der Waals surface area contributed by atoms with Gasteiger partial charge in [0.2, 0.25) is 5.91 Å². The van der Waals surface area contributed by atoms with Crippen molar-refractivity contribution < 1.29 is 9.53 Å². The van der Waals surface area contributed by atoms with Gasteiger partial charge in [0.05, 0.1) is 12.6 Å². The van der Waals surface area contributed by atoms with Gasteiger partial charge in [0, 0.05) is 0 Å². The molecule has 0 fully saturated rings. The highest BCUT2D eigenvalue weighted by Gasteiger charge is 2.31. The number of ether oxygens (including phenoxy) is 1. The van der Waals surface area contributed by atoms with Gasteiger partial charge >= 0.3 is 0 Å². The zero-order chi connectivity index (χ0) is 13.7. The van der Waals surface area contributed by atoms with Crippen LogP contribution in [0.1, 0.15) is 6.92 Å². The van der Waals surface area contributed by atoms with E-state index in [1.54, 1.807) is 0 Å². The molecule has 19 heavy (non-hydrogen) atoms. The fourth-order valence-electron chi connectivity index (χ4n) is 1.69. The summed E-state index contributed by atoms with van der Waals surface area (Å²) in [5.74, 6) is 0.850. The van der Waals surface area contributed by atoms with Crippen LogP contribution >= 0.6 is 34.4 Å². The second-order valence-electron chi connectivity index (χ2n) is 4.11. The van der Waals surface area contributed by atoms with Gasteiger partial charge in [-0.3, -0.25) is 9.79 Å². The Balaban J connectivity index is 1.68. The number of benzene rings is 1. The minimum Gasteiger partial charge on any atom is -0.492 e. The molecule has 1 aromatic rings. The summed E-state index contributed by atoms with van der Waals surface area (Å²) in [6, 6.07) is 9.62.